The molecule has 0 radical (unpaired) electrons. The van der Waals surface area contributed by atoms with Gasteiger partial charge in [0.05, 0.1) is 15.5 Å². The minimum Gasteiger partial charge on any atom is -0.323 e. The third-order valence-corrected chi connectivity index (χ3v) is 8.22. The monoisotopic (exact) mass is 435 g/mol. The zero-order valence-corrected chi connectivity index (χ0v) is 17.6. The Morgan fingerprint density at radius 1 is 1.07 bits per heavy atom. The molecule has 2 aromatic rings. The Morgan fingerprint density at radius 2 is 1.69 bits per heavy atom. The molecule has 1 aliphatic rings. The first-order valence-electron chi connectivity index (χ1n) is 8.69. The van der Waals surface area contributed by atoms with Gasteiger partial charge in [-0.2, -0.15) is 0 Å². The molecule has 3 rings (SSSR count). The number of carbonyl (C=O) groups excluding carboxylic acids is 1. The number of nitrogens with one attached hydrogen (secondary N) is 1. The van der Waals surface area contributed by atoms with E-state index in [1.165, 1.54) is 60.9 Å². The van der Waals surface area contributed by atoms with Gasteiger partial charge in [-0.15, -0.1) is 0 Å². The van der Waals surface area contributed by atoms with E-state index in [-0.39, 0.29) is 16.3 Å². The molecule has 0 bridgehead atoms. The summed E-state index contributed by atoms with van der Waals surface area (Å²) in [5.74, 6) is -0.391. The Hall–Kier alpha value is -2.69. The lowest BCUT2D eigenvalue weighted by molar-refractivity contribution is -0.111. The summed E-state index contributed by atoms with van der Waals surface area (Å²) < 4.78 is 53.2. The number of rotatable bonds is 6. The first-order valence-corrected chi connectivity index (χ1v) is 11.6. The summed E-state index contributed by atoms with van der Waals surface area (Å²) in [7, 11) is -4.53. The van der Waals surface area contributed by atoms with Crippen molar-refractivity contribution in [2.75, 3.05) is 30.3 Å². The molecular formula is C19H21N3O5S2. The number of anilines is 2. The molecule has 8 nitrogen and oxygen atoms in total. The van der Waals surface area contributed by atoms with E-state index in [0.29, 0.717) is 23.4 Å². The van der Waals surface area contributed by atoms with E-state index in [1.54, 1.807) is 0 Å². The molecule has 0 fully saturated rings. The van der Waals surface area contributed by atoms with E-state index in [9.17, 15) is 21.6 Å². The summed E-state index contributed by atoms with van der Waals surface area (Å²) in [6, 6.07) is 10.3. The fourth-order valence-corrected chi connectivity index (χ4v) is 5.46. The molecular weight excluding hydrogens is 414 g/mol. The molecule has 0 unspecified atom stereocenters. The summed E-state index contributed by atoms with van der Waals surface area (Å²) in [4.78, 5) is 11.6. The first-order chi connectivity index (χ1) is 13.6. The molecule has 154 valence electrons. The van der Waals surface area contributed by atoms with Crippen molar-refractivity contribution >= 4 is 37.3 Å². The van der Waals surface area contributed by atoms with E-state index in [4.69, 9.17) is 0 Å². The van der Waals surface area contributed by atoms with Crippen molar-refractivity contribution in [3.63, 3.8) is 0 Å². The topological polar surface area (TPSA) is 104 Å². The largest absolute Gasteiger partial charge is 0.323 e. The SMILES string of the molecule is C=CC(=O)Nc1ccc(S(=O)(=O)N2CCc3cc(S(=O)(=O)N(C)C)ccc32)cc1. The van der Waals surface area contributed by atoms with E-state index in [1.807, 2.05) is 0 Å². The van der Waals surface area contributed by atoms with Gasteiger partial charge in [0.1, 0.15) is 0 Å². The number of sulfonamides is 2. The van der Waals surface area contributed by atoms with Crippen LogP contribution in [0.4, 0.5) is 11.4 Å². The van der Waals surface area contributed by atoms with Gasteiger partial charge < -0.3 is 5.32 Å². The third-order valence-electron chi connectivity index (χ3n) is 4.58. The van der Waals surface area contributed by atoms with Gasteiger partial charge >= 0.3 is 0 Å². The summed E-state index contributed by atoms with van der Waals surface area (Å²) in [6.07, 6.45) is 1.54. The van der Waals surface area contributed by atoms with Crippen molar-refractivity contribution in [2.45, 2.75) is 16.2 Å². The predicted molar refractivity (Wildman–Crippen MR) is 111 cm³/mol. The number of hydrogen-bond donors (Lipinski definition) is 1. The van der Waals surface area contributed by atoms with Crippen molar-refractivity contribution in [1.82, 2.24) is 4.31 Å². The fraction of sp³-hybridized carbons (Fsp3) is 0.211. The number of carbonyl (C=O) groups is 1. The molecule has 0 saturated carbocycles. The van der Waals surface area contributed by atoms with Gasteiger partial charge in [0.25, 0.3) is 10.0 Å². The molecule has 1 N–H and O–H groups in total. The van der Waals surface area contributed by atoms with Gasteiger partial charge in [-0.05, 0) is 60.5 Å². The maximum atomic E-state index is 13.1. The van der Waals surface area contributed by atoms with Crippen LogP contribution in [0.2, 0.25) is 0 Å². The summed E-state index contributed by atoms with van der Waals surface area (Å²) in [5.41, 5.74) is 1.58. The van der Waals surface area contributed by atoms with Crippen molar-refractivity contribution in [3.05, 3.63) is 60.7 Å². The molecule has 0 aromatic heterocycles. The number of benzene rings is 2. The number of hydrogen-bond acceptors (Lipinski definition) is 5. The van der Waals surface area contributed by atoms with Crippen LogP contribution in [-0.2, 0) is 31.3 Å². The Balaban J connectivity index is 1.91. The second-order valence-electron chi connectivity index (χ2n) is 6.62. The first kappa shape index (κ1) is 21.0. The number of amides is 1. The number of nitrogens with zero attached hydrogens (tertiary/aromatic N) is 2. The van der Waals surface area contributed by atoms with E-state index >= 15 is 0 Å². The van der Waals surface area contributed by atoms with E-state index in [0.717, 1.165) is 10.4 Å². The van der Waals surface area contributed by atoms with Gasteiger partial charge in [0.15, 0.2) is 0 Å². The van der Waals surface area contributed by atoms with Crippen LogP contribution in [0, 0.1) is 0 Å². The zero-order chi connectivity index (χ0) is 21.4. The molecule has 10 heteroatoms. The standard InChI is InChI=1S/C19H21N3O5S2/c1-4-19(23)20-15-5-7-16(8-6-15)29(26,27)22-12-11-14-13-17(9-10-18(14)22)28(24,25)21(2)3/h4-10,13H,1,11-12H2,2-3H3,(H,20,23). The molecule has 0 spiro atoms. The van der Waals surface area contributed by atoms with Crippen LogP contribution in [0.25, 0.3) is 0 Å². The minimum absolute atomic E-state index is 0.0759. The van der Waals surface area contributed by atoms with Gasteiger partial charge in [-0.3, -0.25) is 9.10 Å². The maximum absolute atomic E-state index is 13.1. The lowest BCUT2D eigenvalue weighted by Gasteiger charge is -2.20. The van der Waals surface area contributed by atoms with Crippen LogP contribution < -0.4 is 9.62 Å². The highest BCUT2D eigenvalue weighted by Crippen LogP contribution is 2.35. The molecule has 0 aliphatic carbocycles. The second-order valence-corrected chi connectivity index (χ2v) is 10.6. The van der Waals surface area contributed by atoms with Crippen LogP contribution in [0.1, 0.15) is 5.56 Å². The summed E-state index contributed by atoms with van der Waals surface area (Å²) >= 11 is 0. The fourth-order valence-electron chi connectivity index (χ4n) is 3.00. The highest BCUT2D eigenvalue weighted by Gasteiger charge is 2.32. The molecule has 1 heterocycles. The quantitative estimate of drug-likeness (QED) is 0.697. The van der Waals surface area contributed by atoms with Crippen molar-refractivity contribution in [3.8, 4) is 0 Å². The lowest BCUT2D eigenvalue weighted by atomic mass is 10.2. The normalized spacial score (nSPS) is 14.0. The zero-order valence-electron chi connectivity index (χ0n) is 16.0. The predicted octanol–water partition coefficient (Wildman–Crippen LogP) is 1.81. The van der Waals surface area contributed by atoms with Crippen molar-refractivity contribution in [1.29, 1.82) is 0 Å². The van der Waals surface area contributed by atoms with Crippen molar-refractivity contribution < 1.29 is 21.6 Å². The molecule has 1 amide bonds. The summed E-state index contributed by atoms with van der Waals surface area (Å²) in [5, 5.41) is 2.56. The lowest BCUT2D eigenvalue weighted by Crippen LogP contribution is -2.29. The van der Waals surface area contributed by atoms with Gasteiger partial charge in [0, 0.05) is 26.3 Å². The summed E-state index contributed by atoms with van der Waals surface area (Å²) in [6.45, 7) is 3.58. The highest BCUT2D eigenvalue weighted by molar-refractivity contribution is 7.92. The van der Waals surface area contributed by atoms with Crippen molar-refractivity contribution in [2.24, 2.45) is 0 Å². The molecule has 2 aromatic carbocycles. The van der Waals surface area contributed by atoms with Crippen LogP contribution in [0.5, 0.6) is 0 Å². The Kier molecular flexibility index (Phi) is 5.52. The Labute approximate surface area is 170 Å². The van der Waals surface area contributed by atoms with Gasteiger partial charge in [-0.1, -0.05) is 6.58 Å². The van der Waals surface area contributed by atoms with Crippen LogP contribution in [0.3, 0.4) is 0 Å². The Bertz CT molecular complexity index is 1170. The molecule has 0 atom stereocenters. The van der Waals surface area contributed by atoms with Gasteiger partial charge in [-0.25, -0.2) is 21.1 Å². The minimum atomic E-state index is -3.83. The number of fused-ring (bicyclic) bond motifs is 1. The van der Waals surface area contributed by atoms with Crippen LogP contribution in [-0.4, -0.2) is 47.7 Å². The average Bonchev–Trinajstić information content (AvgIpc) is 3.12. The van der Waals surface area contributed by atoms with Crippen LogP contribution in [0.15, 0.2) is 64.9 Å². The highest BCUT2D eigenvalue weighted by atomic mass is 32.2. The molecule has 0 saturated heterocycles. The maximum Gasteiger partial charge on any atom is 0.264 e. The third kappa shape index (κ3) is 3.91. The van der Waals surface area contributed by atoms with E-state index < -0.39 is 26.0 Å². The Morgan fingerprint density at radius 3 is 2.28 bits per heavy atom. The molecule has 1 aliphatic heterocycles. The van der Waals surface area contributed by atoms with Gasteiger partial charge in [0.2, 0.25) is 15.9 Å². The average molecular weight is 436 g/mol. The smallest absolute Gasteiger partial charge is 0.264 e. The van der Waals surface area contributed by atoms with E-state index in [2.05, 4.69) is 11.9 Å². The van der Waals surface area contributed by atoms with Crippen LogP contribution >= 0.6 is 0 Å². The second kappa shape index (κ2) is 7.62. The molecule has 29 heavy (non-hydrogen) atoms.